The van der Waals surface area contributed by atoms with Crippen LogP contribution in [0.2, 0.25) is 0 Å². The maximum Gasteiger partial charge on any atom is 0.273 e. The predicted octanol–water partition coefficient (Wildman–Crippen LogP) is 3.32. The number of rotatable bonds is 4. The average Bonchev–Trinajstić information content (AvgIpc) is 2.83. The number of hydrogen-bond donors (Lipinski definition) is 2. The summed E-state index contributed by atoms with van der Waals surface area (Å²) in [7, 11) is 0. The molecule has 1 heterocycles. The Kier molecular flexibility index (Phi) is 4.00. The summed E-state index contributed by atoms with van der Waals surface area (Å²) < 4.78 is 0. The molecule has 0 radical (unpaired) electrons. The quantitative estimate of drug-likeness (QED) is 0.640. The van der Waals surface area contributed by atoms with Crippen molar-refractivity contribution in [2.24, 2.45) is 11.0 Å². The van der Waals surface area contributed by atoms with Crippen molar-refractivity contribution in [1.82, 2.24) is 10.4 Å². The fourth-order valence-corrected chi connectivity index (χ4v) is 2.12. The first kappa shape index (κ1) is 13.3. The molecule has 1 aromatic heterocycles. The van der Waals surface area contributed by atoms with E-state index in [1.165, 1.54) is 0 Å². The number of carbonyl (C=O) groups is 1. The van der Waals surface area contributed by atoms with Crippen molar-refractivity contribution in [3.05, 3.63) is 36.0 Å². The first-order valence-corrected chi connectivity index (χ1v) is 6.47. The lowest BCUT2D eigenvalue weighted by atomic mass is 10.1. The molecule has 0 saturated carbocycles. The normalized spacial score (nSPS) is 12.1. The Labute approximate surface area is 112 Å². The van der Waals surface area contributed by atoms with Crippen LogP contribution in [-0.4, -0.2) is 16.6 Å². The number of hydrazone groups is 1. The highest BCUT2D eigenvalue weighted by atomic mass is 16.2. The molecule has 2 rings (SSSR count). The Morgan fingerprint density at radius 3 is 2.89 bits per heavy atom. The number of H-pyrrole nitrogens is 1. The third kappa shape index (κ3) is 3.22. The molecule has 1 aromatic carbocycles. The van der Waals surface area contributed by atoms with E-state index in [2.05, 4.69) is 29.4 Å². The highest BCUT2D eigenvalue weighted by molar-refractivity contribution is 6.05. The van der Waals surface area contributed by atoms with Gasteiger partial charge in [0, 0.05) is 17.3 Å². The van der Waals surface area contributed by atoms with Gasteiger partial charge in [-0.25, -0.2) is 5.43 Å². The van der Waals surface area contributed by atoms with E-state index in [0.29, 0.717) is 11.5 Å². The molecule has 0 aliphatic carbocycles. The van der Waals surface area contributed by atoms with Crippen molar-refractivity contribution in [2.75, 3.05) is 0 Å². The molecule has 4 heteroatoms. The summed E-state index contributed by atoms with van der Waals surface area (Å²) in [5.41, 5.74) is 5.01. The maximum absolute atomic E-state index is 12.1. The summed E-state index contributed by atoms with van der Waals surface area (Å²) >= 11 is 0. The number of amides is 1. The third-order valence-electron chi connectivity index (χ3n) is 2.88. The van der Waals surface area contributed by atoms with Gasteiger partial charge in [-0.2, -0.15) is 5.10 Å². The van der Waals surface area contributed by atoms with Gasteiger partial charge in [0.15, 0.2) is 0 Å². The molecule has 2 aromatic rings. The number of aromatic nitrogens is 1. The van der Waals surface area contributed by atoms with Crippen LogP contribution in [0, 0.1) is 5.92 Å². The zero-order valence-corrected chi connectivity index (χ0v) is 11.5. The lowest BCUT2D eigenvalue weighted by molar-refractivity contribution is 0.0956. The number of nitrogens with one attached hydrogen (secondary N) is 2. The highest BCUT2D eigenvalue weighted by Crippen LogP contribution is 2.16. The van der Waals surface area contributed by atoms with Crippen LogP contribution in [0.4, 0.5) is 0 Å². The second-order valence-corrected chi connectivity index (χ2v) is 5.13. The summed E-state index contributed by atoms with van der Waals surface area (Å²) in [6, 6.07) is 7.58. The minimum atomic E-state index is -0.184. The van der Waals surface area contributed by atoms with Crippen molar-refractivity contribution in [3.63, 3.8) is 0 Å². The number of fused-ring (bicyclic) bond motifs is 1. The topological polar surface area (TPSA) is 57.2 Å². The van der Waals surface area contributed by atoms with E-state index in [0.717, 1.165) is 23.0 Å². The molecule has 4 nitrogen and oxygen atoms in total. The molecule has 19 heavy (non-hydrogen) atoms. The fourth-order valence-electron chi connectivity index (χ4n) is 2.12. The van der Waals surface area contributed by atoms with Crippen molar-refractivity contribution in [1.29, 1.82) is 0 Å². The Hall–Kier alpha value is -2.10. The van der Waals surface area contributed by atoms with Gasteiger partial charge in [0.25, 0.3) is 5.91 Å². The first-order valence-electron chi connectivity index (χ1n) is 6.47. The lowest BCUT2D eigenvalue weighted by Crippen LogP contribution is -2.19. The van der Waals surface area contributed by atoms with Crippen molar-refractivity contribution >= 4 is 22.5 Å². The van der Waals surface area contributed by atoms with E-state index in [-0.39, 0.29) is 5.91 Å². The summed E-state index contributed by atoms with van der Waals surface area (Å²) in [5, 5.41) is 5.16. The van der Waals surface area contributed by atoms with Gasteiger partial charge in [-0.15, -0.1) is 0 Å². The Bertz CT molecular complexity index is 611. The second kappa shape index (κ2) is 5.69. The molecular weight excluding hydrogens is 238 g/mol. The molecule has 0 unspecified atom stereocenters. The van der Waals surface area contributed by atoms with Gasteiger partial charge >= 0.3 is 0 Å². The number of nitrogens with zero attached hydrogens (tertiary/aromatic N) is 1. The van der Waals surface area contributed by atoms with Crippen LogP contribution >= 0.6 is 0 Å². The van der Waals surface area contributed by atoms with Gasteiger partial charge < -0.3 is 4.98 Å². The lowest BCUT2D eigenvalue weighted by Gasteiger charge is -2.05. The third-order valence-corrected chi connectivity index (χ3v) is 2.88. The van der Waals surface area contributed by atoms with Crippen LogP contribution in [0.5, 0.6) is 0 Å². The van der Waals surface area contributed by atoms with Gasteiger partial charge in [0.1, 0.15) is 0 Å². The highest BCUT2D eigenvalue weighted by Gasteiger charge is 2.09. The molecule has 2 N–H and O–H groups in total. The number of benzene rings is 1. The van der Waals surface area contributed by atoms with Gasteiger partial charge in [-0.1, -0.05) is 26.0 Å². The number of para-hydroxylation sites is 1. The Morgan fingerprint density at radius 1 is 1.37 bits per heavy atom. The van der Waals surface area contributed by atoms with Crippen LogP contribution in [0.25, 0.3) is 10.9 Å². The van der Waals surface area contributed by atoms with Crippen LogP contribution in [0.3, 0.4) is 0 Å². The second-order valence-electron chi connectivity index (χ2n) is 5.13. The molecule has 0 atom stereocenters. The van der Waals surface area contributed by atoms with E-state index in [1.54, 1.807) is 6.07 Å². The van der Waals surface area contributed by atoms with Gasteiger partial charge in [0.05, 0.1) is 11.1 Å². The molecule has 0 saturated heterocycles. The number of hydrogen-bond acceptors (Lipinski definition) is 2. The van der Waals surface area contributed by atoms with Gasteiger partial charge in [-0.3, -0.25) is 4.79 Å². The van der Waals surface area contributed by atoms with Gasteiger partial charge in [0.2, 0.25) is 0 Å². The molecule has 0 aliphatic rings. The molecule has 0 aliphatic heterocycles. The van der Waals surface area contributed by atoms with Crippen LogP contribution in [-0.2, 0) is 0 Å². The van der Waals surface area contributed by atoms with Crippen LogP contribution < -0.4 is 5.43 Å². The molecule has 1 amide bonds. The molecule has 0 bridgehead atoms. The van der Waals surface area contributed by atoms with E-state index < -0.39 is 0 Å². The Morgan fingerprint density at radius 2 is 2.16 bits per heavy atom. The largest absolute Gasteiger partial charge is 0.361 e. The minimum Gasteiger partial charge on any atom is -0.361 e. The summed E-state index contributed by atoms with van der Waals surface area (Å²) in [5.74, 6) is 0.351. The molecule has 0 fully saturated rings. The van der Waals surface area contributed by atoms with Crippen molar-refractivity contribution in [2.45, 2.75) is 27.2 Å². The van der Waals surface area contributed by atoms with Crippen molar-refractivity contribution < 1.29 is 4.79 Å². The fraction of sp³-hybridized carbons (Fsp3) is 0.333. The number of carbonyl (C=O) groups excluding carboxylic acids is 1. The molecule has 0 spiro atoms. The SMILES string of the molecule is C/C(CC(C)C)=N\NC(=O)c1cccc2cc[nH]c12. The van der Waals surface area contributed by atoms with E-state index in [1.807, 2.05) is 31.3 Å². The summed E-state index contributed by atoms with van der Waals surface area (Å²) in [6.45, 7) is 6.18. The van der Waals surface area contributed by atoms with Crippen molar-refractivity contribution in [3.8, 4) is 0 Å². The summed E-state index contributed by atoms with van der Waals surface area (Å²) in [4.78, 5) is 15.2. The van der Waals surface area contributed by atoms with E-state index >= 15 is 0 Å². The predicted molar refractivity (Wildman–Crippen MR) is 78.3 cm³/mol. The summed E-state index contributed by atoms with van der Waals surface area (Å²) in [6.07, 6.45) is 2.71. The van der Waals surface area contributed by atoms with Crippen LogP contribution in [0.1, 0.15) is 37.6 Å². The average molecular weight is 257 g/mol. The van der Waals surface area contributed by atoms with Gasteiger partial charge in [-0.05, 0) is 31.4 Å². The standard InChI is InChI=1S/C15H19N3O/c1-10(2)9-11(3)17-18-15(19)13-6-4-5-12-7-8-16-14(12)13/h4-8,10,16H,9H2,1-3H3,(H,18,19)/b17-11+. The van der Waals surface area contributed by atoms with E-state index in [4.69, 9.17) is 0 Å². The Balaban J connectivity index is 2.14. The van der Waals surface area contributed by atoms with Crippen LogP contribution in [0.15, 0.2) is 35.6 Å². The van der Waals surface area contributed by atoms with E-state index in [9.17, 15) is 4.79 Å². The number of aromatic amines is 1. The molecular formula is C15H19N3O. The zero-order chi connectivity index (χ0) is 13.8. The zero-order valence-electron chi connectivity index (χ0n) is 11.5. The first-order chi connectivity index (χ1) is 9.08. The molecule has 100 valence electrons. The smallest absolute Gasteiger partial charge is 0.273 e. The monoisotopic (exact) mass is 257 g/mol. The maximum atomic E-state index is 12.1. The minimum absolute atomic E-state index is 0.184.